The fraction of sp³-hybridized carbons (Fsp3) is 0.467. The Balaban J connectivity index is 1.85. The highest BCUT2D eigenvalue weighted by molar-refractivity contribution is 5.87. The van der Waals surface area contributed by atoms with Crippen LogP contribution in [-0.4, -0.2) is 57.4 Å². The van der Waals surface area contributed by atoms with Crippen LogP contribution in [0.15, 0.2) is 18.6 Å². The summed E-state index contributed by atoms with van der Waals surface area (Å²) in [5.41, 5.74) is 0.622. The van der Waals surface area contributed by atoms with Crippen LogP contribution < -0.4 is 4.90 Å². The number of anilines is 1. The largest absolute Gasteiger partial charge is 0.354 e. The molecule has 1 aliphatic heterocycles. The van der Waals surface area contributed by atoms with Gasteiger partial charge in [0.05, 0.1) is 18.0 Å². The normalized spacial score (nSPS) is 18.9. The predicted octanol–water partition coefficient (Wildman–Crippen LogP) is 1.54. The third-order valence-corrected chi connectivity index (χ3v) is 4.20. The van der Waals surface area contributed by atoms with Crippen molar-refractivity contribution in [2.24, 2.45) is 0 Å². The summed E-state index contributed by atoms with van der Waals surface area (Å²) in [5, 5.41) is 9.34. The first-order chi connectivity index (χ1) is 11.5. The first-order valence-corrected chi connectivity index (χ1v) is 7.55. The predicted molar refractivity (Wildman–Crippen MR) is 82.5 cm³/mol. The molecule has 1 amide bonds. The number of rotatable bonds is 5. The second-order valence-electron chi connectivity index (χ2n) is 5.61. The third kappa shape index (κ3) is 2.64. The number of nitrogens with one attached hydrogen (secondary N) is 1. The van der Waals surface area contributed by atoms with Gasteiger partial charge in [0, 0.05) is 19.3 Å². The minimum absolute atomic E-state index is 0.0576. The van der Waals surface area contributed by atoms with E-state index in [0.29, 0.717) is 18.0 Å². The molecule has 0 bridgehead atoms. The first kappa shape index (κ1) is 16.1. The van der Waals surface area contributed by atoms with Gasteiger partial charge in [0.2, 0.25) is 5.91 Å². The van der Waals surface area contributed by atoms with Gasteiger partial charge in [-0.25, -0.2) is 18.7 Å². The van der Waals surface area contributed by atoms with Gasteiger partial charge >= 0.3 is 0 Å². The van der Waals surface area contributed by atoms with Gasteiger partial charge in [-0.2, -0.15) is 5.26 Å². The van der Waals surface area contributed by atoms with E-state index < -0.39 is 30.8 Å². The number of hydrogen-bond acceptors (Lipinski definition) is 5. The molecule has 24 heavy (non-hydrogen) atoms. The Hall–Kier alpha value is -2.76. The van der Waals surface area contributed by atoms with Crippen molar-refractivity contribution in [1.82, 2.24) is 19.9 Å². The summed E-state index contributed by atoms with van der Waals surface area (Å²) in [6.45, 7) is 1.58. The maximum Gasteiger partial charge on any atom is 0.286 e. The lowest BCUT2D eigenvalue weighted by Crippen LogP contribution is -2.70. The van der Waals surface area contributed by atoms with Crippen LogP contribution in [0.1, 0.15) is 13.3 Å². The summed E-state index contributed by atoms with van der Waals surface area (Å²) < 4.78 is 28.0. The van der Waals surface area contributed by atoms with E-state index in [4.69, 9.17) is 5.26 Å². The van der Waals surface area contributed by atoms with Crippen molar-refractivity contribution < 1.29 is 13.6 Å². The number of likely N-dealkylation sites (tertiary alicyclic amines) is 1. The van der Waals surface area contributed by atoms with Crippen LogP contribution in [0.2, 0.25) is 0 Å². The molecule has 1 atom stereocenters. The maximum absolute atomic E-state index is 14.0. The molecule has 7 nitrogen and oxygen atoms in total. The van der Waals surface area contributed by atoms with E-state index in [-0.39, 0.29) is 6.54 Å². The molecule has 3 heterocycles. The summed E-state index contributed by atoms with van der Waals surface area (Å²) in [5.74, 6) is -3.00. The zero-order valence-corrected chi connectivity index (χ0v) is 13.0. The van der Waals surface area contributed by atoms with E-state index in [1.54, 1.807) is 23.2 Å². The van der Waals surface area contributed by atoms with Gasteiger partial charge in [-0.05, 0) is 13.0 Å². The lowest BCUT2D eigenvalue weighted by molar-refractivity contribution is -0.191. The fourth-order valence-electron chi connectivity index (χ4n) is 2.91. The molecule has 1 saturated heterocycles. The summed E-state index contributed by atoms with van der Waals surface area (Å²) in [4.78, 5) is 25.8. The van der Waals surface area contributed by atoms with Gasteiger partial charge in [-0.1, -0.05) is 0 Å². The minimum Gasteiger partial charge on any atom is -0.354 e. The van der Waals surface area contributed by atoms with Gasteiger partial charge in [-0.3, -0.25) is 4.79 Å². The summed E-state index contributed by atoms with van der Waals surface area (Å²) in [7, 11) is 0. The molecular formula is C15H16F2N6O. The van der Waals surface area contributed by atoms with E-state index in [0.717, 1.165) is 10.3 Å². The lowest BCUT2D eigenvalue weighted by atomic mass is 9.96. The first-order valence-electron chi connectivity index (χ1n) is 7.55. The second-order valence-corrected chi connectivity index (χ2v) is 5.61. The Morgan fingerprint density at radius 3 is 3.04 bits per heavy atom. The highest BCUT2D eigenvalue weighted by Gasteiger charge is 2.56. The van der Waals surface area contributed by atoms with Gasteiger partial charge in [0.15, 0.2) is 0 Å². The number of halogens is 2. The van der Waals surface area contributed by atoms with Crippen LogP contribution in [0.3, 0.4) is 0 Å². The van der Waals surface area contributed by atoms with Crippen molar-refractivity contribution in [2.45, 2.75) is 25.3 Å². The Morgan fingerprint density at radius 1 is 1.58 bits per heavy atom. The monoisotopic (exact) mass is 334 g/mol. The fourth-order valence-corrected chi connectivity index (χ4v) is 2.91. The average molecular weight is 334 g/mol. The molecule has 2 aromatic heterocycles. The van der Waals surface area contributed by atoms with Gasteiger partial charge < -0.3 is 14.8 Å². The van der Waals surface area contributed by atoms with Gasteiger partial charge in [0.1, 0.15) is 30.3 Å². The number of carbonyl (C=O) groups excluding carboxylic acids is 1. The smallest absolute Gasteiger partial charge is 0.286 e. The van der Waals surface area contributed by atoms with E-state index in [9.17, 15) is 13.6 Å². The number of likely N-dealkylation sites (N-methyl/N-ethyl adjacent to an activating group) is 1. The van der Waals surface area contributed by atoms with Crippen molar-refractivity contribution in [3.05, 3.63) is 18.6 Å². The topological polar surface area (TPSA) is 88.9 Å². The summed E-state index contributed by atoms with van der Waals surface area (Å²) in [6, 6.07) is 2.23. The highest BCUT2D eigenvalue weighted by atomic mass is 19.3. The van der Waals surface area contributed by atoms with Crippen LogP contribution in [0.5, 0.6) is 0 Å². The van der Waals surface area contributed by atoms with Crippen LogP contribution in [0.4, 0.5) is 14.6 Å². The standard InChI is InChI=1S/C15H16F2N6O/c1-2-22(14-10-4-6-19-13(10)20-9-21-14)7-11-15(16,17)8-23(11)12(24)3-5-18/h4,6,9,11H,2-3,7-8H2,1H3,(H,19,20,21)/t11-/m0/s1. The number of aromatic nitrogens is 3. The molecule has 0 saturated carbocycles. The molecule has 2 aromatic rings. The molecular weight excluding hydrogens is 318 g/mol. The molecule has 0 spiro atoms. The van der Waals surface area contributed by atoms with Crippen LogP contribution in [0.25, 0.3) is 11.0 Å². The van der Waals surface area contributed by atoms with E-state index in [2.05, 4.69) is 15.0 Å². The van der Waals surface area contributed by atoms with E-state index in [1.807, 2.05) is 6.92 Å². The van der Waals surface area contributed by atoms with Crippen LogP contribution >= 0.6 is 0 Å². The van der Waals surface area contributed by atoms with E-state index in [1.165, 1.54) is 6.33 Å². The number of hydrogen-bond donors (Lipinski definition) is 1. The van der Waals surface area contributed by atoms with Crippen molar-refractivity contribution in [3.8, 4) is 6.07 Å². The van der Waals surface area contributed by atoms with Crippen molar-refractivity contribution in [2.75, 3.05) is 24.5 Å². The molecule has 1 fully saturated rings. The summed E-state index contributed by atoms with van der Waals surface area (Å²) >= 11 is 0. The average Bonchev–Trinajstić information content (AvgIpc) is 3.03. The van der Waals surface area contributed by atoms with Crippen molar-refractivity contribution in [3.63, 3.8) is 0 Å². The van der Waals surface area contributed by atoms with Crippen LogP contribution in [0, 0.1) is 11.3 Å². The number of nitrogens with zero attached hydrogens (tertiary/aromatic N) is 5. The number of carbonyl (C=O) groups is 1. The van der Waals surface area contributed by atoms with Crippen molar-refractivity contribution >= 4 is 22.8 Å². The Morgan fingerprint density at radius 2 is 2.38 bits per heavy atom. The number of aromatic amines is 1. The molecule has 0 aromatic carbocycles. The zero-order chi connectivity index (χ0) is 17.3. The summed E-state index contributed by atoms with van der Waals surface area (Å²) in [6.07, 6.45) is 2.68. The Bertz CT molecular complexity index is 799. The molecule has 9 heteroatoms. The Kier molecular flexibility index (Phi) is 4.05. The number of fused-ring (bicyclic) bond motifs is 1. The second kappa shape index (κ2) is 6.03. The molecule has 0 radical (unpaired) electrons. The van der Waals surface area contributed by atoms with Gasteiger partial charge in [0.25, 0.3) is 5.92 Å². The number of nitriles is 1. The number of amides is 1. The highest BCUT2D eigenvalue weighted by Crippen LogP contribution is 2.36. The van der Waals surface area contributed by atoms with Crippen LogP contribution in [-0.2, 0) is 4.79 Å². The molecule has 0 unspecified atom stereocenters. The minimum atomic E-state index is -2.97. The maximum atomic E-state index is 14.0. The third-order valence-electron chi connectivity index (χ3n) is 4.20. The number of alkyl halides is 2. The number of H-pyrrole nitrogens is 1. The van der Waals surface area contributed by atoms with Gasteiger partial charge in [-0.15, -0.1) is 0 Å². The zero-order valence-electron chi connectivity index (χ0n) is 13.0. The molecule has 0 aliphatic carbocycles. The quantitative estimate of drug-likeness (QED) is 0.896. The molecule has 1 N–H and O–H groups in total. The lowest BCUT2D eigenvalue weighted by Gasteiger charge is -2.49. The van der Waals surface area contributed by atoms with E-state index >= 15 is 0 Å². The molecule has 1 aliphatic rings. The SMILES string of the molecule is CCN(C[C@@H]1N(C(=O)CC#N)CC1(F)F)c1ncnc2[nH]ccc12. The molecule has 3 rings (SSSR count). The Labute approximate surface area is 136 Å². The molecule has 126 valence electrons. The van der Waals surface area contributed by atoms with Crippen molar-refractivity contribution in [1.29, 1.82) is 5.26 Å².